The van der Waals surface area contributed by atoms with Crippen LogP contribution < -0.4 is 4.74 Å². The highest BCUT2D eigenvalue weighted by molar-refractivity contribution is 5.61. The molecule has 1 aromatic heterocycles. The van der Waals surface area contributed by atoms with Gasteiger partial charge in [0, 0.05) is 55.1 Å². The molecule has 2 saturated carbocycles. The molecule has 158 valence electrons. The van der Waals surface area contributed by atoms with Gasteiger partial charge in [-0.2, -0.15) is 0 Å². The zero-order valence-electron chi connectivity index (χ0n) is 18.0. The van der Waals surface area contributed by atoms with Crippen LogP contribution in [0.3, 0.4) is 0 Å². The molecule has 5 nitrogen and oxygen atoms in total. The minimum absolute atomic E-state index is 0.283. The Morgan fingerprint density at radius 3 is 2.87 bits per heavy atom. The van der Waals surface area contributed by atoms with E-state index in [2.05, 4.69) is 68.3 Å². The lowest BCUT2D eigenvalue weighted by Crippen LogP contribution is -2.41. The molecule has 0 saturated heterocycles. The minimum atomic E-state index is 0.283. The fraction of sp³-hybridized carbons (Fsp3) is 0.423. The van der Waals surface area contributed by atoms with Gasteiger partial charge in [-0.15, -0.1) is 0 Å². The summed E-state index contributed by atoms with van der Waals surface area (Å²) in [6, 6.07) is 7.02. The van der Waals surface area contributed by atoms with E-state index in [1.54, 1.807) is 0 Å². The average molecular weight is 413 g/mol. The van der Waals surface area contributed by atoms with Gasteiger partial charge in [0.05, 0.1) is 30.0 Å². The lowest BCUT2D eigenvalue weighted by Gasteiger charge is -2.38. The topological polar surface area (TPSA) is 33.5 Å². The maximum atomic E-state index is 6.12. The molecule has 2 fully saturated rings. The zero-order chi connectivity index (χ0) is 20.6. The number of hydrogen-bond donors (Lipinski definition) is 0. The van der Waals surface area contributed by atoms with Gasteiger partial charge in [0.25, 0.3) is 0 Å². The van der Waals surface area contributed by atoms with Crippen molar-refractivity contribution in [3.05, 3.63) is 77.8 Å². The van der Waals surface area contributed by atoms with Crippen LogP contribution in [0, 0.1) is 12.8 Å². The quantitative estimate of drug-likeness (QED) is 0.752. The van der Waals surface area contributed by atoms with Gasteiger partial charge in [0.1, 0.15) is 5.75 Å². The van der Waals surface area contributed by atoms with Crippen molar-refractivity contribution < 1.29 is 4.74 Å². The number of benzene rings is 1. The second-order valence-electron chi connectivity index (χ2n) is 9.93. The fourth-order valence-corrected chi connectivity index (χ4v) is 5.68. The number of hydrogen-bond acceptors (Lipinski definition) is 4. The third-order valence-corrected chi connectivity index (χ3v) is 7.74. The molecule has 0 unspecified atom stereocenters. The van der Waals surface area contributed by atoms with Crippen LogP contribution in [0.15, 0.2) is 61.0 Å². The van der Waals surface area contributed by atoms with E-state index < -0.39 is 0 Å². The second kappa shape index (κ2) is 6.28. The highest BCUT2D eigenvalue weighted by Crippen LogP contribution is 2.60. The standard InChI is InChI=1S/C26H28N4O/c1-18-12-30(17-27-18)23-6-5-22-13-28(8-9-29(22)14-23)16-26-11-21(26)15-31-25-7-4-20(10-24(25)26)19-2-3-19/h4-7,10,12-14,17,19,21H,2-3,8-9,11,15-16H2,1H3/t21-,26+/m1/s1. The van der Waals surface area contributed by atoms with E-state index >= 15 is 0 Å². The van der Waals surface area contributed by atoms with Crippen LogP contribution in [-0.2, 0) is 5.41 Å². The van der Waals surface area contributed by atoms with Gasteiger partial charge in [-0.1, -0.05) is 12.1 Å². The molecule has 31 heavy (non-hydrogen) atoms. The summed E-state index contributed by atoms with van der Waals surface area (Å²) in [5, 5.41) is 0. The highest BCUT2D eigenvalue weighted by atomic mass is 16.5. The van der Waals surface area contributed by atoms with Crippen LogP contribution in [0.2, 0.25) is 0 Å². The summed E-state index contributed by atoms with van der Waals surface area (Å²) in [4.78, 5) is 9.28. The maximum absolute atomic E-state index is 6.12. The summed E-state index contributed by atoms with van der Waals surface area (Å²) in [5.41, 5.74) is 6.77. The Morgan fingerprint density at radius 2 is 2.03 bits per heavy atom. The number of aromatic nitrogens is 2. The summed E-state index contributed by atoms with van der Waals surface area (Å²) >= 11 is 0. The number of rotatable bonds is 4. The van der Waals surface area contributed by atoms with Crippen LogP contribution in [0.4, 0.5) is 0 Å². The normalized spacial score (nSPS) is 28.2. The maximum Gasteiger partial charge on any atom is 0.123 e. The number of allylic oxidation sites excluding steroid dienone is 3. The van der Waals surface area contributed by atoms with Crippen molar-refractivity contribution in [1.29, 1.82) is 0 Å². The predicted molar refractivity (Wildman–Crippen MR) is 120 cm³/mol. The first-order chi connectivity index (χ1) is 15.2. The molecule has 1 aromatic carbocycles. The van der Waals surface area contributed by atoms with Gasteiger partial charge in [-0.3, -0.25) is 0 Å². The summed E-state index contributed by atoms with van der Waals surface area (Å²) in [7, 11) is 0. The molecule has 2 aliphatic carbocycles. The van der Waals surface area contributed by atoms with Crippen molar-refractivity contribution in [2.24, 2.45) is 5.92 Å². The second-order valence-corrected chi connectivity index (χ2v) is 9.93. The van der Waals surface area contributed by atoms with Crippen LogP contribution in [-0.4, -0.2) is 45.6 Å². The Bertz CT molecular complexity index is 1150. The minimum Gasteiger partial charge on any atom is -0.493 e. The van der Waals surface area contributed by atoms with E-state index in [4.69, 9.17) is 4.74 Å². The van der Waals surface area contributed by atoms with Crippen LogP contribution in [0.5, 0.6) is 5.75 Å². The molecule has 3 aliphatic heterocycles. The molecule has 4 heterocycles. The molecular weight excluding hydrogens is 384 g/mol. The monoisotopic (exact) mass is 412 g/mol. The molecular formula is C26H28N4O. The SMILES string of the molecule is Cc1cn(C2=CN3CCN(C[C@@]45C[C@@H]4COc4ccc(C6CC6)cc45)C=C3C=C2)cn1. The Hall–Kier alpha value is -2.95. The van der Waals surface area contributed by atoms with Crippen molar-refractivity contribution in [3.8, 4) is 5.75 Å². The molecule has 0 spiro atoms. The van der Waals surface area contributed by atoms with Gasteiger partial charge in [0.2, 0.25) is 0 Å². The lowest BCUT2D eigenvalue weighted by atomic mass is 9.88. The molecule has 7 rings (SSSR count). The Labute approximate surface area is 183 Å². The molecule has 0 amide bonds. The van der Waals surface area contributed by atoms with E-state index in [1.165, 1.54) is 36.1 Å². The summed E-state index contributed by atoms with van der Waals surface area (Å²) < 4.78 is 8.22. The zero-order valence-corrected chi connectivity index (χ0v) is 18.0. The van der Waals surface area contributed by atoms with Crippen molar-refractivity contribution in [2.75, 3.05) is 26.2 Å². The van der Waals surface area contributed by atoms with E-state index in [9.17, 15) is 0 Å². The molecule has 2 aromatic rings. The highest BCUT2D eigenvalue weighted by Gasteiger charge is 2.59. The molecule has 0 radical (unpaired) electrons. The first kappa shape index (κ1) is 17.7. The van der Waals surface area contributed by atoms with Crippen molar-refractivity contribution >= 4 is 5.70 Å². The smallest absolute Gasteiger partial charge is 0.123 e. The number of nitrogens with zero attached hydrogens (tertiary/aromatic N) is 4. The Balaban J connectivity index is 1.14. The van der Waals surface area contributed by atoms with Gasteiger partial charge < -0.3 is 19.1 Å². The third-order valence-electron chi connectivity index (χ3n) is 7.74. The van der Waals surface area contributed by atoms with Crippen LogP contribution in [0.25, 0.3) is 5.70 Å². The molecule has 0 N–H and O–H groups in total. The predicted octanol–water partition coefficient (Wildman–Crippen LogP) is 4.25. The fourth-order valence-electron chi connectivity index (χ4n) is 5.68. The van der Waals surface area contributed by atoms with E-state index in [-0.39, 0.29) is 5.41 Å². The first-order valence-electron chi connectivity index (χ1n) is 11.6. The number of aryl methyl sites for hydroxylation is 1. The molecule has 5 aliphatic rings. The Morgan fingerprint density at radius 1 is 1.13 bits per heavy atom. The molecule has 5 heteroatoms. The van der Waals surface area contributed by atoms with Crippen LogP contribution >= 0.6 is 0 Å². The number of ether oxygens (including phenoxy) is 1. The van der Waals surface area contributed by atoms with Crippen molar-refractivity contribution in [3.63, 3.8) is 0 Å². The summed E-state index contributed by atoms with van der Waals surface area (Å²) in [5.74, 6) is 2.59. The van der Waals surface area contributed by atoms with Gasteiger partial charge in [-0.05, 0) is 55.9 Å². The van der Waals surface area contributed by atoms with E-state index in [1.807, 2.05) is 13.3 Å². The van der Waals surface area contributed by atoms with E-state index in [0.717, 1.165) is 49.3 Å². The largest absolute Gasteiger partial charge is 0.493 e. The third kappa shape index (κ3) is 2.86. The van der Waals surface area contributed by atoms with Gasteiger partial charge in [0.15, 0.2) is 0 Å². The molecule has 0 bridgehead atoms. The lowest BCUT2D eigenvalue weighted by molar-refractivity contribution is 0.219. The number of fused-ring (bicyclic) bond motifs is 4. The van der Waals surface area contributed by atoms with E-state index in [0.29, 0.717) is 5.92 Å². The van der Waals surface area contributed by atoms with Crippen molar-refractivity contribution in [2.45, 2.75) is 37.5 Å². The van der Waals surface area contributed by atoms with Gasteiger partial charge >= 0.3 is 0 Å². The van der Waals surface area contributed by atoms with Crippen LogP contribution in [0.1, 0.15) is 42.0 Å². The Kier molecular flexibility index (Phi) is 3.59. The average Bonchev–Trinajstić information content (AvgIpc) is 3.70. The number of imidazole rings is 1. The molecule has 2 atom stereocenters. The first-order valence-corrected chi connectivity index (χ1v) is 11.6. The van der Waals surface area contributed by atoms with Gasteiger partial charge in [-0.25, -0.2) is 4.98 Å². The van der Waals surface area contributed by atoms with Crippen molar-refractivity contribution in [1.82, 2.24) is 19.4 Å². The summed E-state index contributed by atoms with van der Waals surface area (Å²) in [6.07, 6.45) is 17.0. The summed E-state index contributed by atoms with van der Waals surface area (Å²) in [6.45, 7) is 6.07.